The number of aryl methyl sites for hydroxylation is 1. The quantitative estimate of drug-likeness (QED) is 0.186. The Balaban J connectivity index is 1.25. The summed E-state index contributed by atoms with van der Waals surface area (Å²) in [6, 6.07) is 7.05. The predicted molar refractivity (Wildman–Crippen MR) is 208 cm³/mol. The van der Waals surface area contributed by atoms with E-state index in [-0.39, 0.29) is 54.9 Å². The number of nitrogens with one attached hydrogen (secondary N) is 3. The van der Waals surface area contributed by atoms with Gasteiger partial charge >= 0.3 is 6.03 Å². The molecular formula is C40H51N9O6. The van der Waals surface area contributed by atoms with E-state index in [1.807, 2.05) is 40.7 Å². The Morgan fingerprint density at radius 2 is 1.80 bits per heavy atom. The fourth-order valence-corrected chi connectivity index (χ4v) is 6.97. The number of rotatable bonds is 15. The molecule has 3 aromatic rings. The smallest absolute Gasteiger partial charge is 0.330 e. The van der Waals surface area contributed by atoms with Crippen molar-refractivity contribution in [2.75, 3.05) is 35.3 Å². The van der Waals surface area contributed by atoms with Crippen molar-refractivity contribution in [1.82, 2.24) is 30.5 Å². The van der Waals surface area contributed by atoms with Gasteiger partial charge in [0.2, 0.25) is 23.7 Å². The number of pyridine rings is 1. The second-order valence-electron chi connectivity index (χ2n) is 15.1. The highest BCUT2D eigenvalue weighted by molar-refractivity contribution is 6.07. The van der Waals surface area contributed by atoms with Crippen LogP contribution in [0, 0.1) is 24.7 Å². The molecule has 15 nitrogen and oxygen atoms in total. The van der Waals surface area contributed by atoms with Crippen molar-refractivity contribution in [3.05, 3.63) is 65.6 Å². The number of urea groups is 1. The minimum atomic E-state index is -0.780. The lowest BCUT2D eigenvalue weighted by atomic mass is 9.87. The highest BCUT2D eigenvalue weighted by Gasteiger charge is 2.39. The Kier molecular flexibility index (Phi) is 12.9. The Labute approximate surface area is 321 Å². The van der Waals surface area contributed by atoms with Crippen LogP contribution < -0.4 is 25.8 Å². The largest absolute Gasteiger partial charge is 0.345 e. The molecule has 3 atom stereocenters. The van der Waals surface area contributed by atoms with E-state index in [0.717, 1.165) is 11.1 Å². The summed E-state index contributed by atoms with van der Waals surface area (Å²) in [7, 11) is 1.63. The number of hydrogen-bond acceptors (Lipinski definition) is 10. The third-order valence-electron chi connectivity index (χ3n) is 10.1. The number of ketones is 2. The van der Waals surface area contributed by atoms with Crippen molar-refractivity contribution in [3.63, 3.8) is 0 Å². The summed E-state index contributed by atoms with van der Waals surface area (Å²) in [5, 5.41) is 8.42. The molecule has 3 N–H and O–H groups in total. The molecule has 15 heteroatoms. The van der Waals surface area contributed by atoms with E-state index in [1.54, 1.807) is 54.8 Å². The predicted octanol–water partition coefficient (Wildman–Crippen LogP) is 4.57. The molecule has 0 unspecified atom stereocenters. The van der Waals surface area contributed by atoms with E-state index in [1.165, 1.54) is 16.7 Å². The maximum Gasteiger partial charge on any atom is 0.330 e. The lowest BCUT2D eigenvalue weighted by Gasteiger charge is -2.35. The summed E-state index contributed by atoms with van der Waals surface area (Å²) >= 11 is 0. The summed E-state index contributed by atoms with van der Waals surface area (Å²) in [5.74, 6) is -1.59. The molecule has 0 bridgehead atoms. The van der Waals surface area contributed by atoms with Gasteiger partial charge in [-0.15, -0.1) is 0 Å². The van der Waals surface area contributed by atoms with Crippen molar-refractivity contribution in [1.29, 1.82) is 0 Å². The number of hydrogen-bond donors (Lipinski definition) is 3. The molecule has 55 heavy (non-hydrogen) atoms. The molecule has 1 saturated heterocycles. The molecule has 0 saturated carbocycles. The molecule has 1 fully saturated rings. The number of aromatic nitrogens is 3. The van der Waals surface area contributed by atoms with Gasteiger partial charge in [0.15, 0.2) is 11.6 Å². The lowest BCUT2D eigenvalue weighted by Crippen LogP contribution is -2.51. The highest BCUT2D eigenvalue weighted by atomic mass is 16.2. The van der Waals surface area contributed by atoms with E-state index < -0.39 is 29.8 Å². The highest BCUT2D eigenvalue weighted by Crippen LogP contribution is 2.34. The van der Waals surface area contributed by atoms with Gasteiger partial charge in [0.05, 0.1) is 31.0 Å². The topological polar surface area (TPSA) is 187 Å². The number of anilines is 4. The van der Waals surface area contributed by atoms with Crippen molar-refractivity contribution < 1.29 is 28.8 Å². The number of likely N-dealkylation sites (tertiary alicyclic amines) is 1. The van der Waals surface area contributed by atoms with Gasteiger partial charge in [-0.3, -0.25) is 38.8 Å². The molecular weight excluding hydrogens is 702 g/mol. The first-order chi connectivity index (χ1) is 26.1. The molecule has 0 aliphatic carbocycles. The van der Waals surface area contributed by atoms with Crippen LogP contribution in [-0.4, -0.2) is 87.4 Å². The average Bonchev–Trinajstić information content (AvgIpc) is 3.65. The summed E-state index contributed by atoms with van der Waals surface area (Å²) in [4.78, 5) is 97.2. The average molecular weight is 754 g/mol. The second kappa shape index (κ2) is 17.6. The van der Waals surface area contributed by atoms with Gasteiger partial charge in [-0.1, -0.05) is 39.8 Å². The van der Waals surface area contributed by atoms with Crippen molar-refractivity contribution in [2.24, 2.45) is 17.8 Å². The Morgan fingerprint density at radius 3 is 2.47 bits per heavy atom. The summed E-state index contributed by atoms with van der Waals surface area (Å²) < 4.78 is 0. The number of amides is 5. The molecule has 292 valence electrons. The molecule has 2 aromatic heterocycles. The fraction of sp³-hybridized carbons (Fsp3) is 0.475. The van der Waals surface area contributed by atoms with E-state index in [2.05, 4.69) is 30.9 Å². The summed E-state index contributed by atoms with van der Waals surface area (Å²) in [6.45, 7) is 11.2. The van der Waals surface area contributed by atoms with Gasteiger partial charge in [-0.05, 0) is 68.7 Å². The monoisotopic (exact) mass is 753 g/mol. The van der Waals surface area contributed by atoms with E-state index >= 15 is 0 Å². The zero-order valence-electron chi connectivity index (χ0n) is 32.6. The zero-order chi connectivity index (χ0) is 40.0. The SMILES string of the molecule is CC(=O)[C@H](CC(C)C)NC(=O)CNC(=O)[C@@H]1CCCN1C(=O)[C@@H](CC(=O)c1ccc(C)c(N2Cc3cnc(Nc4cccnc4)nc3N(C)C2=O)c1)C(C)C. The third kappa shape index (κ3) is 9.69. The van der Waals surface area contributed by atoms with Crippen molar-refractivity contribution >= 4 is 58.5 Å². The van der Waals surface area contributed by atoms with Gasteiger partial charge < -0.3 is 20.9 Å². The first kappa shape index (κ1) is 40.5. The van der Waals surface area contributed by atoms with Crippen LogP contribution in [0.1, 0.15) is 81.8 Å². The Hall–Kier alpha value is -5.73. The van der Waals surface area contributed by atoms with E-state index in [0.29, 0.717) is 54.5 Å². The first-order valence-corrected chi connectivity index (χ1v) is 18.7. The van der Waals surface area contributed by atoms with Crippen LogP contribution in [0.15, 0.2) is 48.9 Å². The summed E-state index contributed by atoms with van der Waals surface area (Å²) in [5.41, 5.74) is 3.12. The van der Waals surface area contributed by atoms with Crippen LogP contribution in [-0.2, 0) is 25.7 Å². The van der Waals surface area contributed by atoms with Crippen LogP contribution in [0.2, 0.25) is 0 Å². The van der Waals surface area contributed by atoms with Crippen LogP contribution in [0.25, 0.3) is 0 Å². The molecule has 1 aromatic carbocycles. The molecule has 0 spiro atoms. The van der Waals surface area contributed by atoms with Gasteiger partial charge in [0.1, 0.15) is 11.9 Å². The lowest BCUT2D eigenvalue weighted by molar-refractivity contribution is -0.142. The normalized spacial score (nSPS) is 16.5. The Morgan fingerprint density at radius 1 is 1.04 bits per heavy atom. The first-order valence-electron chi connectivity index (χ1n) is 18.7. The maximum atomic E-state index is 14.0. The zero-order valence-corrected chi connectivity index (χ0v) is 32.6. The number of fused-ring (bicyclic) bond motifs is 1. The van der Waals surface area contributed by atoms with Crippen LogP contribution in [0.3, 0.4) is 0 Å². The molecule has 4 heterocycles. The number of Topliss-reactive ketones (excluding diaryl/α,β-unsaturated/α-hetero) is 2. The summed E-state index contributed by atoms with van der Waals surface area (Å²) in [6.07, 6.45) is 6.40. The molecule has 0 radical (unpaired) electrons. The standard InChI is InChI=1S/C40H51N9O6/c1-23(2)16-31(26(6)50)45-35(52)21-42-37(53)32-11-9-15-48(32)38(54)30(24(3)4)18-34(51)27-13-12-25(5)33(17-27)49-22-28-19-43-39(44-29-10-8-14-41-20-29)46-36(28)47(7)40(49)55/h8,10,12-14,17,19-20,23-24,30-32H,9,11,15-16,18,21-22H2,1-7H3,(H,42,53)(H,45,52)(H,43,44,46)/t30-,31-,32-/m0/s1. The van der Waals surface area contributed by atoms with Crippen molar-refractivity contribution in [2.45, 2.75) is 85.9 Å². The van der Waals surface area contributed by atoms with Gasteiger partial charge in [0, 0.05) is 55.1 Å². The fourth-order valence-electron chi connectivity index (χ4n) is 6.97. The van der Waals surface area contributed by atoms with E-state index in [9.17, 15) is 28.8 Å². The van der Waals surface area contributed by atoms with Gasteiger partial charge in [-0.25, -0.2) is 9.78 Å². The number of nitrogens with zero attached hydrogens (tertiary/aromatic N) is 6. The van der Waals surface area contributed by atoms with Crippen LogP contribution in [0.5, 0.6) is 0 Å². The van der Waals surface area contributed by atoms with Crippen molar-refractivity contribution in [3.8, 4) is 0 Å². The number of carbonyl (C=O) groups is 6. The van der Waals surface area contributed by atoms with Gasteiger partial charge in [0.25, 0.3) is 0 Å². The molecule has 5 rings (SSSR count). The number of benzene rings is 1. The van der Waals surface area contributed by atoms with Crippen LogP contribution >= 0.6 is 0 Å². The third-order valence-corrected chi connectivity index (χ3v) is 10.1. The molecule has 5 amide bonds. The second-order valence-corrected chi connectivity index (χ2v) is 15.1. The number of carbonyl (C=O) groups excluding carboxylic acids is 6. The van der Waals surface area contributed by atoms with Gasteiger partial charge in [-0.2, -0.15) is 4.98 Å². The van der Waals surface area contributed by atoms with E-state index in [4.69, 9.17) is 0 Å². The molecule has 2 aliphatic rings. The van der Waals surface area contributed by atoms with Crippen LogP contribution in [0.4, 0.5) is 27.9 Å². The minimum absolute atomic E-state index is 0.0915. The minimum Gasteiger partial charge on any atom is -0.345 e. The Bertz CT molecular complexity index is 1930. The molecule has 2 aliphatic heterocycles. The maximum absolute atomic E-state index is 14.0.